The third kappa shape index (κ3) is 3.31. The number of ketones is 1. The number of piperidine rings is 1. The molecule has 94 valence electrons. The summed E-state index contributed by atoms with van der Waals surface area (Å²) in [7, 11) is 0. The second-order valence-corrected chi connectivity index (χ2v) is 5.91. The van der Waals surface area contributed by atoms with E-state index in [0.717, 1.165) is 25.9 Å². The molecule has 0 aromatic carbocycles. The fourth-order valence-corrected chi connectivity index (χ4v) is 2.42. The second-order valence-electron chi connectivity index (χ2n) is 5.91. The molecule has 1 heterocycles. The number of carbonyl (C=O) groups is 1. The summed E-state index contributed by atoms with van der Waals surface area (Å²) in [5.74, 6) is 1.51. The molecule has 0 aromatic heterocycles. The van der Waals surface area contributed by atoms with Crippen molar-refractivity contribution < 1.29 is 4.79 Å². The summed E-state index contributed by atoms with van der Waals surface area (Å²) >= 11 is 0. The Morgan fingerprint density at radius 3 is 2.69 bits per heavy atom. The van der Waals surface area contributed by atoms with Crippen molar-refractivity contribution in [3.05, 3.63) is 0 Å². The van der Waals surface area contributed by atoms with Crippen molar-refractivity contribution >= 4 is 5.78 Å². The minimum atomic E-state index is -0.142. The minimum absolute atomic E-state index is 0.142. The lowest BCUT2D eigenvalue weighted by Gasteiger charge is -2.36. The van der Waals surface area contributed by atoms with Crippen molar-refractivity contribution in [3.8, 4) is 0 Å². The summed E-state index contributed by atoms with van der Waals surface area (Å²) in [6.07, 6.45) is 4.27. The second kappa shape index (κ2) is 5.81. The van der Waals surface area contributed by atoms with E-state index in [1.807, 2.05) is 0 Å². The summed E-state index contributed by atoms with van der Waals surface area (Å²) < 4.78 is 0. The van der Waals surface area contributed by atoms with Crippen LogP contribution < -0.4 is 5.32 Å². The van der Waals surface area contributed by atoms with Crippen molar-refractivity contribution in [2.45, 2.75) is 53.4 Å². The third-order valence-electron chi connectivity index (χ3n) is 4.27. The molecule has 0 spiro atoms. The van der Waals surface area contributed by atoms with Gasteiger partial charge in [0.15, 0.2) is 0 Å². The average Bonchev–Trinajstić information content (AvgIpc) is 2.29. The molecular formula is C14H27NO. The molecule has 0 saturated carbocycles. The van der Waals surface area contributed by atoms with Crippen molar-refractivity contribution in [1.82, 2.24) is 5.32 Å². The Bertz CT molecular complexity index is 229. The molecule has 1 aliphatic heterocycles. The highest BCUT2D eigenvalue weighted by atomic mass is 16.1. The van der Waals surface area contributed by atoms with Crippen molar-refractivity contribution in [2.24, 2.45) is 17.3 Å². The Morgan fingerprint density at radius 1 is 1.50 bits per heavy atom. The zero-order valence-electron chi connectivity index (χ0n) is 11.3. The van der Waals surface area contributed by atoms with Crippen LogP contribution in [-0.2, 0) is 4.79 Å². The first-order valence-corrected chi connectivity index (χ1v) is 6.72. The lowest BCUT2D eigenvalue weighted by molar-refractivity contribution is -0.131. The summed E-state index contributed by atoms with van der Waals surface area (Å²) in [5, 5.41) is 3.41. The predicted molar refractivity (Wildman–Crippen MR) is 68.5 cm³/mol. The van der Waals surface area contributed by atoms with E-state index in [1.54, 1.807) is 0 Å². The van der Waals surface area contributed by atoms with Crippen LogP contribution in [0.1, 0.15) is 53.4 Å². The maximum absolute atomic E-state index is 12.3. The van der Waals surface area contributed by atoms with Crippen molar-refractivity contribution in [2.75, 3.05) is 13.1 Å². The molecule has 16 heavy (non-hydrogen) atoms. The summed E-state index contributed by atoms with van der Waals surface area (Å²) in [4.78, 5) is 12.3. The van der Waals surface area contributed by atoms with Gasteiger partial charge in [-0.25, -0.2) is 0 Å². The molecule has 0 bridgehead atoms. The Kier molecular flexibility index (Phi) is 4.97. The van der Waals surface area contributed by atoms with Crippen molar-refractivity contribution in [1.29, 1.82) is 0 Å². The Morgan fingerprint density at radius 2 is 2.19 bits per heavy atom. The van der Waals surface area contributed by atoms with Gasteiger partial charge in [0.05, 0.1) is 0 Å². The van der Waals surface area contributed by atoms with E-state index >= 15 is 0 Å². The average molecular weight is 225 g/mol. The van der Waals surface area contributed by atoms with Gasteiger partial charge in [0, 0.05) is 11.8 Å². The molecule has 1 fully saturated rings. The molecule has 1 aliphatic rings. The van der Waals surface area contributed by atoms with E-state index in [9.17, 15) is 4.79 Å². The first kappa shape index (κ1) is 13.7. The SMILES string of the molecule is CCC(C)CC(=O)C(C)(C)C1CCCNC1. The van der Waals surface area contributed by atoms with Crippen LogP contribution in [-0.4, -0.2) is 18.9 Å². The molecular weight excluding hydrogens is 198 g/mol. The van der Waals surface area contributed by atoms with Crippen LogP contribution in [0.5, 0.6) is 0 Å². The molecule has 2 nitrogen and oxygen atoms in total. The van der Waals surface area contributed by atoms with Crippen LogP contribution >= 0.6 is 0 Å². The molecule has 2 heteroatoms. The molecule has 0 amide bonds. The van der Waals surface area contributed by atoms with E-state index in [0.29, 0.717) is 17.6 Å². The third-order valence-corrected chi connectivity index (χ3v) is 4.27. The van der Waals surface area contributed by atoms with Gasteiger partial charge in [-0.15, -0.1) is 0 Å². The number of hydrogen-bond donors (Lipinski definition) is 1. The quantitative estimate of drug-likeness (QED) is 0.779. The van der Waals surface area contributed by atoms with E-state index in [1.165, 1.54) is 12.8 Å². The van der Waals surface area contributed by atoms with Gasteiger partial charge in [-0.3, -0.25) is 4.79 Å². The van der Waals surface area contributed by atoms with Crippen LogP contribution in [0.25, 0.3) is 0 Å². The van der Waals surface area contributed by atoms with Gasteiger partial charge in [0.1, 0.15) is 5.78 Å². The predicted octanol–water partition coefficient (Wildman–Crippen LogP) is 3.02. The largest absolute Gasteiger partial charge is 0.316 e. The zero-order valence-corrected chi connectivity index (χ0v) is 11.3. The van der Waals surface area contributed by atoms with Crippen LogP contribution in [0, 0.1) is 17.3 Å². The van der Waals surface area contributed by atoms with Crippen LogP contribution in [0.15, 0.2) is 0 Å². The van der Waals surface area contributed by atoms with Crippen LogP contribution in [0.2, 0.25) is 0 Å². The topological polar surface area (TPSA) is 29.1 Å². The van der Waals surface area contributed by atoms with Crippen molar-refractivity contribution in [3.63, 3.8) is 0 Å². The number of carbonyl (C=O) groups excluding carboxylic acids is 1. The zero-order chi connectivity index (χ0) is 12.2. The highest BCUT2D eigenvalue weighted by Crippen LogP contribution is 2.34. The van der Waals surface area contributed by atoms with E-state index in [2.05, 4.69) is 33.0 Å². The monoisotopic (exact) mass is 225 g/mol. The molecule has 0 aliphatic carbocycles. The normalized spacial score (nSPS) is 24.1. The smallest absolute Gasteiger partial charge is 0.139 e. The Hall–Kier alpha value is -0.370. The Balaban J connectivity index is 2.56. The van der Waals surface area contributed by atoms with Gasteiger partial charge in [-0.05, 0) is 37.8 Å². The summed E-state index contributed by atoms with van der Waals surface area (Å²) in [6, 6.07) is 0. The lowest BCUT2D eigenvalue weighted by atomic mass is 9.70. The minimum Gasteiger partial charge on any atom is -0.316 e. The van der Waals surface area contributed by atoms with Crippen LogP contribution in [0.4, 0.5) is 0 Å². The fourth-order valence-electron chi connectivity index (χ4n) is 2.42. The molecule has 2 unspecified atom stereocenters. The maximum atomic E-state index is 12.3. The summed E-state index contributed by atoms with van der Waals surface area (Å²) in [5.41, 5.74) is -0.142. The highest BCUT2D eigenvalue weighted by Gasteiger charge is 2.36. The van der Waals surface area contributed by atoms with E-state index in [-0.39, 0.29) is 5.41 Å². The van der Waals surface area contributed by atoms with Gasteiger partial charge in [0.2, 0.25) is 0 Å². The number of nitrogens with one attached hydrogen (secondary N) is 1. The van der Waals surface area contributed by atoms with E-state index in [4.69, 9.17) is 0 Å². The summed E-state index contributed by atoms with van der Waals surface area (Å²) in [6.45, 7) is 10.7. The van der Waals surface area contributed by atoms with Gasteiger partial charge in [-0.2, -0.15) is 0 Å². The van der Waals surface area contributed by atoms with Gasteiger partial charge in [-0.1, -0.05) is 34.1 Å². The first-order chi connectivity index (χ1) is 7.48. The first-order valence-electron chi connectivity index (χ1n) is 6.72. The number of hydrogen-bond acceptors (Lipinski definition) is 2. The van der Waals surface area contributed by atoms with Crippen LogP contribution in [0.3, 0.4) is 0 Å². The molecule has 1 saturated heterocycles. The van der Waals surface area contributed by atoms with Gasteiger partial charge < -0.3 is 5.32 Å². The molecule has 2 atom stereocenters. The highest BCUT2D eigenvalue weighted by molar-refractivity contribution is 5.84. The fraction of sp³-hybridized carbons (Fsp3) is 0.929. The molecule has 0 radical (unpaired) electrons. The molecule has 0 aromatic rings. The lowest BCUT2D eigenvalue weighted by Crippen LogP contribution is -2.42. The van der Waals surface area contributed by atoms with E-state index < -0.39 is 0 Å². The molecule has 1 rings (SSSR count). The Labute approximate surface area is 100 Å². The number of rotatable bonds is 5. The number of Topliss-reactive ketones (excluding diaryl/α,β-unsaturated/α-hetero) is 1. The van der Waals surface area contributed by atoms with Gasteiger partial charge in [0.25, 0.3) is 0 Å². The standard InChI is InChI=1S/C14H27NO/c1-5-11(2)9-13(16)14(3,4)12-7-6-8-15-10-12/h11-12,15H,5-10H2,1-4H3. The molecule has 1 N–H and O–H groups in total. The van der Waals surface area contributed by atoms with Gasteiger partial charge >= 0.3 is 0 Å². The maximum Gasteiger partial charge on any atom is 0.139 e.